The van der Waals surface area contributed by atoms with Crippen LogP contribution in [-0.2, 0) is 27.4 Å². The summed E-state index contributed by atoms with van der Waals surface area (Å²) in [6.45, 7) is 3.75. The molecule has 16 heteroatoms. The topological polar surface area (TPSA) is 163 Å². The van der Waals surface area contributed by atoms with Crippen LogP contribution < -0.4 is 36.1 Å². The molecule has 0 aromatic heterocycles. The minimum atomic E-state index is -0.0861. The van der Waals surface area contributed by atoms with Gasteiger partial charge in [-0.15, -0.1) is 23.5 Å². The first-order valence-electron chi connectivity index (χ1n) is 22.3. The van der Waals surface area contributed by atoms with E-state index in [4.69, 9.17) is 14.2 Å². The van der Waals surface area contributed by atoms with Gasteiger partial charge in [-0.3, -0.25) is 9.59 Å². The second kappa shape index (κ2) is 20.5. The number of piperidine rings is 1. The molecule has 4 aliphatic heterocycles. The van der Waals surface area contributed by atoms with Crippen molar-refractivity contribution in [1.29, 1.82) is 0 Å². The number of amides is 6. The Morgan fingerprint density at radius 2 is 1.48 bits per heavy atom. The van der Waals surface area contributed by atoms with E-state index in [-0.39, 0.29) is 70.4 Å². The zero-order chi connectivity index (χ0) is 42.3. The third-order valence-corrected chi connectivity index (χ3v) is 16.2. The molecule has 6 amide bonds. The van der Waals surface area contributed by atoms with E-state index in [1.807, 2.05) is 35.2 Å². The monoisotopic (exact) mass is 877 g/mol. The summed E-state index contributed by atoms with van der Waals surface area (Å²) < 4.78 is 16.9. The third-order valence-electron chi connectivity index (χ3n) is 13.7. The molecule has 5 N–H and O–H groups in total. The summed E-state index contributed by atoms with van der Waals surface area (Å²) in [5.41, 5.74) is 3.03. The fourth-order valence-corrected chi connectivity index (χ4v) is 12.9. The number of urea groups is 2. The molecule has 4 saturated heterocycles. The van der Waals surface area contributed by atoms with Crippen LogP contribution in [0.1, 0.15) is 86.9 Å². The molecule has 0 radical (unpaired) electrons. The first-order chi connectivity index (χ1) is 29.8. The van der Waals surface area contributed by atoms with Crippen molar-refractivity contribution < 1.29 is 33.4 Å². The van der Waals surface area contributed by atoms with Gasteiger partial charge in [0.05, 0.1) is 42.6 Å². The number of ether oxygens (including phenoxy) is 3. The number of fused-ring (bicyclic) bond motifs is 2. The Labute approximate surface area is 368 Å². The van der Waals surface area contributed by atoms with Gasteiger partial charge in [-0.2, -0.15) is 0 Å². The van der Waals surface area contributed by atoms with Gasteiger partial charge in [0, 0.05) is 68.3 Å². The molecule has 2 aliphatic carbocycles. The lowest BCUT2D eigenvalue weighted by Gasteiger charge is -2.44. The van der Waals surface area contributed by atoms with Crippen LogP contribution in [0.4, 0.5) is 9.59 Å². The maximum Gasteiger partial charge on any atom is 0.318 e. The summed E-state index contributed by atoms with van der Waals surface area (Å²) in [6, 6.07) is 14.3. The average Bonchev–Trinajstić information content (AvgIpc) is 4.10. The Morgan fingerprint density at radius 3 is 2.13 bits per heavy atom. The molecular formula is C45H63N7O7S2. The van der Waals surface area contributed by atoms with Crippen LogP contribution in [0.2, 0.25) is 0 Å². The van der Waals surface area contributed by atoms with Gasteiger partial charge in [-0.1, -0.05) is 31.0 Å². The predicted octanol–water partition coefficient (Wildman–Crippen LogP) is 5.36. The second-order valence-electron chi connectivity index (χ2n) is 17.5. The van der Waals surface area contributed by atoms with Crippen LogP contribution in [0.15, 0.2) is 42.5 Å². The Kier molecular flexibility index (Phi) is 14.7. The van der Waals surface area contributed by atoms with Gasteiger partial charge in [0.2, 0.25) is 11.8 Å². The van der Waals surface area contributed by atoms with Gasteiger partial charge in [0.1, 0.15) is 11.5 Å². The van der Waals surface area contributed by atoms with E-state index >= 15 is 0 Å². The fourth-order valence-electron chi connectivity index (χ4n) is 10.6. The molecule has 8 rings (SSSR count). The van der Waals surface area contributed by atoms with Crippen molar-refractivity contribution in [3.8, 4) is 11.5 Å². The maximum atomic E-state index is 13.7. The largest absolute Gasteiger partial charge is 0.497 e. The molecular weight excluding hydrogens is 815 g/mol. The molecule has 9 atom stereocenters. The molecule has 61 heavy (non-hydrogen) atoms. The Hall–Kier alpha value is -3.86. The average molecular weight is 878 g/mol. The van der Waals surface area contributed by atoms with E-state index < -0.39 is 0 Å². The molecule has 2 aromatic carbocycles. The normalized spacial score (nSPS) is 29.6. The number of hydrogen-bond acceptors (Lipinski definition) is 10. The molecule has 6 fully saturated rings. The van der Waals surface area contributed by atoms with Crippen molar-refractivity contribution in [1.82, 2.24) is 36.4 Å². The van der Waals surface area contributed by atoms with Crippen LogP contribution in [0.5, 0.6) is 11.5 Å². The lowest BCUT2D eigenvalue weighted by molar-refractivity contribution is -0.119. The van der Waals surface area contributed by atoms with Crippen molar-refractivity contribution >= 4 is 47.4 Å². The standard InChI is InChI=1S/C45H63N7O7S2/c1-57-32-8-3-7-28(19-32)22-47-40(53)26-60-42-34-10-4-12-37(34)51(44(55)49-42)24-29-16-17-46-36(20-29)30-14-15-39(58-2)31(21-30)23-48-41(54)27-61-43-35-11-5-13-38(35)52(45(56)50-43)25-33-9-6-18-59-33/h3,7-8,14-15,19,21,29,33-38,42-43,46H,4-6,9-13,16-18,20,22-27H2,1-2H3,(H,47,53)(H,48,54)(H,49,55)(H,50,56). The quantitative estimate of drug-likeness (QED) is 0.140. The number of benzene rings is 2. The van der Waals surface area contributed by atoms with E-state index in [0.717, 1.165) is 106 Å². The molecule has 0 bridgehead atoms. The third kappa shape index (κ3) is 10.7. The Morgan fingerprint density at radius 1 is 0.787 bits per heavy atom. The SMILES string of the molecule is COc1cccc(CNC(=O)CSC2NC(=O)N(CC3CCNC(c4ccc(OC)c(CNC(=O)CSC5NC(=O)N(CC6CCCO6)C6CCCC56)c4)C3)C3CCCC23)c1. The number of methoxy groups -OCH3 is 2. The van der Waals surface area contributed by atoms with E-state index in [1.165, 1.54) is 23.5 Å². The summed E-state index contributed by atoms with van der Waals surface area (Å²) >= 11 is 3.07. The number of hydrogen-bond donors (Lipinski definition) is 5. The molecule has 2 aromatic rings. The molecule has 6 aliphatic rings. The highest BCUT2D eigenvalue weighted by Gasteiger charge is 2.47. The summed E-state index contributed by atoms with van der Waals surface area (Å²) in [5, 5.41) is 16.2. The summed E-state index contributed by atoms with van der Waals surface area (Å²) in [7, 11) is 3.28. The van der Waals surface area contributed by atoms with Crippen LogP contribution in [0.25, 0.3) is 0 Å². The number of thioether (sulfide) groups is 2. The van der Waals surface area contributed by atoms with Crippen molar-refractivity contribution in [2.45, 2.75) is 112 Å². The molecule has 14 nitrogen and oxygen atoms in total. The fraction of sp³-hybridized carbons (Fsp3) is 0.644. The van der Waals surface area contributed by atoms with Crippen molar-refractivity contribution in [2.24, 2.45) is 17.8 Å². The van der Waals surface area contributed by atoms with E-state index in [1.54, 1.807) is 14.2 Å². The number of carbonyl (C=O) groups excluding carboxylic acids is 4. The van der Waals surface area contributed by atoms with Crippen molar-refractivity contribution in [3.05, 3.63) is 59.2 Å². The molecule has 9 unspecified atom stereocenters. The van der Waals surface area contributed by atoms with E-state index in [2.05, 4.69) is 43.6 Å². The second-order valence-corrected chi connectivity index (χ2v) is 19.8. The van der Waals surface area contributed by atoms with Crippen molar-refractivity contribution in [2.75, 3.05) is 52.0 Å². The van der Waals surface area contributed by atoms with Crippen molar-refractivity contribution in [3.63, 3.8) is 0 Å². The highest BCUT2D eigenvalue weighted by atomic mass is 32.2. The van der Waals surface area contributed by atoms with Crippen LogP contribution in [0, 0.1) is 17.8 Å². The molecule has 332 valence electrons. The highest BCUT2D eigenvalue weighted by Crippen LogP contribution is 2.42. The first kappa shape index (κ1) is 43.8. The van der Waals surface area contributed by atoms with Gasteiger partial charge >= 0.3 is 12.1 Å². The van der Waals surface area contributed by atoms with Gasteiger partial charge in [0.25, 0.3) is 0 Å². The summed E-state index contributed by atoms with van der Waals surface area (Å²) in [4.78, 5) is 57.1. The number of nitrogens with zero attached hydrogens (tertiary/aromatic N) is 2. The minimum absolute atomic E-state index is 0.0292. The maximum absolute atomic E-state index is 13.7. The molecule has 4 heterocycles. The predicted molar refractivity (Wildman–Crippen MR) is 237 cm³/mol. The van der Waals surface area contributed by atoms with Crippen LogP contribution >= 0.6 is 23.5 Å². The zero-order valence-electron chi connectivity index (χ0n) is 35.5. The van der Waals surface area contributed by atoms with Crippen LogP contribution in [0.3, 0.4) is 0 Å². The Bertz CT molecular complexity index is 1870. The lowest BCUT2D eigenvalue weighted by Crippen LogP contribution is -2.60. The molecule has 0 spiro atoms. The summed E-state index contributed by atoms with van der Waals surface area (Å²) in [5.74, 6) is 2.87. The number of nitrogens with one attached hydrogen (secondary N) is 5. The van der Waals surface area contributed by atoms with Crippen LogP contribution in [-0.4, -0.2) is 115 Å². The van der Waals surface area contributed by atoms with E-state index in [0.29, 0.717) is 43.9 Å². The van der Waals surface area contributed by atoms with E-state index in [9.17, 15) is 19.2 Å². The summed E-state index contributed by atoms with van der Waals surface area (Å²) in [6.07, 6.45) is 10.3. The van der Waals surface area contributed by atoms with Gasteiger partial charge in [-0.05, 0) is 99.2 Å². The first-order valence-corrected chi connectivity index (χ1v) is 24.4. The smallest absolute Gasteiger partial charge is 0.318 e. The number of rotatable bonds is 17. The van der Waals surface area contributed by atoms with Gasteiger partial charge in [0.15, 0.2) is 0 Å². The molecule has 2 saturated carbocycles. The highest BCUT2D eigenvalue weighted by molar-refractivity contribution is 8.00. The van der Waals surface area contributed by atoms with Gasteiger partial charge < -0.3 is 50.6 Å². The Balaban J connectivity index is 0.807. The zero-order valence-corrected chi connectivity index (χ0v) is 37.2. The lowest BCUT2D eigenvalue weighted by atomic mass is 9.87. The number of carbonyl (C=O) groups is 4. The minimum Gasteiger partial charge on any atom is -0.497 e. The van der Waals surface area contributed by atoms with Gasteiger partial charge in [-0.25, -0.2) is 9.59 Å².